The predicted octanol–water partition coefficient (Wildman–Crippen LogP) is 4.17. The molecule has 5 nitrogen and oxygen atoms in total. The minimum atomic E-state index is -3.64. The summed E-state index contributed by atoms with van der Waals surface area (Å²) >= 11 is 6.90. The van der Waals surface area contributed by atoms with Gasteiger partial charge in [0.15, 0.2) is 5.76 Å². The molecule has 2 aromatic heterocycles. The first-order valence-corrected chi connectivity index (χ1v) is 8.99. The highest BCUT2D eigenvalue weighted by molar-refractivity contribution is 7.94. The van der Waals surface area contributed by atoms with E-state index >= 15 is 0 Å². The molecule has 114 valence electrons. The van der Waals surface area contributed by atoms with Crippen molar-refractivity contribution < 1.29 is 12.9 Å². The van der Waals surface area contributed by atoms with E-state index < -0.39 is 10.0 Å². The number of aryl methyl sites for hydroxylation is 1. The summed E-state index contributed by atoms with van der Waals surface area (Å²) in [6.45, 7) is 1.80. The second kappa shape index (κ2) is 5.75. The van der Waals surface area contributed by atoms with Gasteiger partial charge in [-0.3, -0.25) is 4.72 Å². The second-order valence-corrected chi connectivity index (χ2v) is 7.86. The molecule has 0 bridgehead atoms. The van der Waals surface area contributed by atoms with E-state index in [2.05, 4.69) is 9.88 Å². The van der Waals surface area contributed by atoms with E-state index in [1.807, 2.05) is 0 Å². The molecule has 0 spiro atoms. The predicted molar refractivity (Wildman–Crippen MR) is 86.8 cm³/mol. The van der Waals surface area contributed by atoms with E-state index in [9.17, 15) is 8.42 Å². The van der Waals surface area contributed by atoms with Crippen LogP contribution in [0, 0.1) is 6.92 Å². The van der Waals surface area contributed by atoms with Crippen molar-refractivity contribution >= 4 is 38.6 Å². The van der Waals surface area contributed by atoms with Crippen LogP contribution in [-0.4, -0.2) is 13.6 Å². The van der Waals surface area contributed by atoms with Crippen molar-refractivity contribution in [2.75, 3.05) is 4.72 Å². The largest absolute Gasteiger partial charge is 0.356 e. The zero-order chi connectivity index (χ0) is 15.7. The second-order valence-electron chi connectivity index (χ2n) is 4.60. The molecule has 1 N–H and O–H groups in total. The topological polar surface area (TPSA) is 72.2 Å². The number of thiophene rings is 1. The number of halogens is 1. The third-order valence-electron chi connectivity index (χ3n) is 2.85. The van der Waals surface area contributed by atoms with Crippen LogP contribution in [0.2, 0.25) is 5.02 Å². The molecular formula is C14H11ClN2O3S2. The number of nitrogens with one attached hydrogen (secondary N) is 1. The lowest BCUT2D eigenvalue weighted by Gasteiger charge is -2.05. The smallest absolute Gasteiger partial charge is 0.271 e. The molecule has 0 unspecified atom stereocenters. The lowest BCUT2D eigenvalue weighted by atomic mass is 10.2. The van der Waals surface area contributed by atoms with Crippen LogP contribution < -0.4 is 4.72 Å². The van der Waals surface area contributed by atoms with Crippen molar-refractivity contribution in [2.24, 2.45) is 0 Å². The lowest BCUT2D eigenvalue weighted by molar-refractivity contribution is 0.427. The number of nitrogens with zero attached hydrogens (tertiary/aromatic N) is 1. The number of rotatable bonds is 4. The Bertz CT molecular complexity index is 898. The van der Waals surface area contributed by atoms with Crippen molar-refractivity contribution in [3.63, 3.8) is 0 Å². The molecule has 0 saturated carbocycles. The van der Waals surface area contributed by atoms with Gasteiger partial charge < -0.3 is 4.52 Å². The summed E-state index contributed by atoms with van der Waals surface area (Å²) < 4.78 is 32.6. The maximum atomic E-state index is 12.4. The molecule has 0 radical (unpaired) electrons. The Balaban J connectivity index is 1.86. The molecular weight excluding hydrogens is 344 g/mol. The molecule has 1 aromatic carbocycles. The number of aromatic nitrogens is 1. The Kier molecular flexibility index (Phi) is 3.94. The standard InChI is InChI=1S/C14H11ClN2O3S2/c1-9-6-13(20-16-9)10-7-14(21-8-10)22(18,19)17-12-4-2-11(15)3-5-12/h2-8,17H,1H3. The van der Waals surface area contributed by atoms with E-state index in [4.69, 9.17) is 16.1 Å². The SMILES string of the molecule is Cc1cc(-c2csc(S(=O)(=O)Nc3ccc(Cl)cc3)c2)on1. The monoisotopic (exact) mass is 354 g/mol. The molecule has 2 heterocycles. The van der Waals surface area contributed by atoms with Gasteiger partial charge in [-0.2, -0.15) is 0 Å². The summed E-state index contributed by atoms with van der Waals surface area (Å²) in [5.74, 6) is 0.543. The number of hydrogen-bond acceptors (Lipinski definition) is 5. The Hall–Kier alpha value is -1.83. The quantitative estimate of drug-likeness (QED) is 0.763. The van der Waals surface area contributed by atoms with Crippen molar-refractivity contribution in [1.82, 2.24) is 5.16 Å². The third kappa shape index (κ3) is 3.16. The van der Waals surface area contributed by atoms with Gasteiger partial charge in [-0.25, -0.2) is 8.42 Å². The maximum absolute atomic E-state index is 12.4. The van der Waals surface area contributed by atoms with Gasteiger partial charge in [0.05, 0.1) is 5.69 Å². The highest BCUT2D eigenvalue weighted by atomic mass is 35.5. The first kappa shape index (κ1) is 15.1. The zero-order valence-electron chi connectivity index (χ0n) is 11.4. The molecule has 0 aliphatic rings. The fourth-order valence-electron chi connectivity index (χ4n) is 1.81. The van der Waals surface area contributed by atoms with E-state index in [0.29, 0.717) is 22.0 Å². The van der Waals surface area contributed by atoms with Gasteiger partial charge in [-0.1, -0.05) is 16.8 Å². The van der Waals surface area contributed by atoms with Gasteiger partial charge >= 0.3 is 0 Å². The summed E-state index contributed by atoms with van der Waals surface area (Å²) in [4.78, 5) is 0. The summed E-state index contributed by atoms with van der Waals surface area (Å²) in [5, 5.41) is 6.05. The van der Waals surface area contributed by atoms with Crippen LogP contribution in [0.25, 0.3) is 11.3 Å². The fraction of sp³-hybridized carbons (Fsp3) is 0.0714. The van der Waals surface area contributed by atoms with Crippen LogP contribution in [0.3, 0.4) is 0 Å². The van der Waals surface area contributed by atoms with Gasteiger partial charge in [0.2, 0.25) is 0 Å². The first-order chi connectivity index (χ1) is 10.4. The van der Waals surface area contributed by atoms with E-state index in [0.717, 1.165) is 17.0 Å². The zero-order valence-corrected chi connectivity index (χ0v) is 13.8. The number of benzene rings is 1. The maximum Gasteiger partial charge on any atom is 0.271 e. The van der Waals surface area contributed by atoms with Crippen molar-refractivity contribution in [3.8, 4) is 11.3 Å². The number of anilines is 1. The van der Waals surface area contributed by atoms with Gasteiger partial charge in [0.1, 0.15) is 4.21 Å². The average molecular weight is 355 g/mol. The molecule has 8 heteroatoms. The highest BCUT2D eigenvalue weighted by Gasteiger charge is 2.18. The van der Waals surface area contributed by atoms with Crippen LogP contribution in [0.4, 0.5) is 5.69 Å². The van der Waals surface area contributed by atoms with E-state index in [-0.39, 0.29) is 4.21 Å². The van der Waals surface area contributed by atoms with Crippen molar-refractivity contribution in [2.45, 2.75) is 11.1 Å². The molecule has 0 atom stereocenters. The number of hydrogen-bond donors (Lipinski definition) is 1. The Morgan fingerprint density at radius 1 is 1.23 bits per heavy atom. The minimum Gasteiger partial charge on any atom is -0.356 e. The minimum absolute atomic E-state index is 0.200. The van der Waals surface area contributed by atoms with E-state index in [1.54, 1.807) is 48.7 Å². The van der Waals surface area contributed by atoms with Crippen LogP contribution in [-0.2, 0) is 10.0 Å². The lowest BCUT2D eigenvalue weighted by Crippen LogP contribution is -2.11. The molecule has 0 fully saturated rings. The molecule has 22 heavy (non-hydrogen) atoms. The molecule has 0 amide bonds. The summed E-state index contributed by atoms with van der Waals surface area (Å²) in [5.41, 5.74) is 1.88. The van der Waals surface area contributed by atoms with Crippen molar-refractivity contribution in [3.05, 3.63) is 52.5 Å². The van der Waals surface area contributed by atoms with Crippen LogP contribution in [0.1, 0.15) is 5.69 Å². The Morgan fingerprint density at radius 3 is 2.59 bits per heavy atom. The third-order valence-corrected chi connectivity index (χ3v) is 5.92. The molecule has 3 rings (SSSR count). The number of sulfonamides is 1. The fourth-order valence-corrected chi connectivity index (χ4v) is 4.16. The van der Waals surface area contributed by atoms with Crippen LogP contribution >= 0.6 is 22.9 Å². The molecule has 0 aliphatic carbocycles. The van der Waals surface area contributed by atoms with E-state index in [1.165, 1.54) is 0 Å². The van der Waals surface area contributed by atoms with Gasteiger partial charge in [0, 0.05) is 27.7 Å². The van der Waals surface area contributed by atoms with Crippen molar-refractivity contribution in [1.29, 1.82) is 0 Å². The summed E-state index contributed by atoms with van der Waals surface area (Å²) in [7, 11) is -3.64. The van der Waals surface area contributed by atoms with Gasteiger partial charge in [-0.05, 0) is 37.3 Å². The van der Waals surface area contributed by atoms with Gasteiger partial charge in [-0.15, -0.1) is 11.3 Å². The normalized spacial score (nSPS) is 11.5. The first-order valence-electron chi connectivity index (χ1n) is 6.25. The summed E-state index contributed by atoms with van der Waals surface area (Å²) in [6, 6.07) is 9.77. The van der Waals surface area contributed by atoms with Crippen LogP contribution in [0.5, 0.6) is 0 Å². The Labute approximate surface area is 136 Å². The summed E-state index contributed by atoms with van der Waals surface area (Å²) in [6.07, 6.45) is 0. The van der Waals surface area contributed by atoms with Crippen LogP contribution in [0.15, 0.2) is 50.5 Å². The molecule has 0 saturated heterocycles. The molecule has 0 aliphatic heterocycles. The molecule has 3 aromatic rings. The average Bonchev–Trinajstić information content (AvgIpc) is 3.10. The van der Waals surface area contributed by atoms with Gasteiger partial charge in [0.25, 0.3) is 10.0 Å². The highest BCUT2D eigenvalue weighted by Crippen LogP contribution is 2.30. The Morgan fingerprint density at radius 2 is 1.95 bits per heavy atom.